The molecular formula is C51H68ClN5O2. The Hall–Kier alpha value is -4.33. The van der Waals surface area contributed by atoms with Crippen LogP contribution >= 0.6 is 11.6 Å². The van der Waals surface area contributed by atoms with Crippen LogP contribution in [0, 0.1) is 6.92 Å². The second kappa shape index (κ2) is 23.5. The van der Waals surface area contributed by atoms with Gasteiger partial charge in [-0.3, -0.25) is 0 Å². The van der Waals surface area contributed by atoms with Gasteiger partial charge in [-0.1, -0.05) is 114 Å². The predicted octanol–water partition coefficient (Wildman–Crippen LogP) is 14.2. The fourth-order valence-electron chi connectivity index (χ4n) is 8.47. The lowest BCUT2D eigenvalue weighted by Crippen LogP contribution is -2.20. The first-order valence-electron chi connectivity index (χ1n) is 22.7. The van der Waals surface area contributed by atoms with Gasteiger partial charge in [-0.15, -0.1) is 0 Å². The third kappa shape index (κ3) is 13.3. The summed E-state index contributed by atoms with van der Waals surface area (Å²) >= 11 is 6.25. The summed E-state index contributed by atoms with van der Waals surface area (Å²) in [4.78, 5) is 12.2. The molecule has 3 N–H and O–H groups in total. The molecule has 0 bridgehead atoms. The zero-order chi connectivity index (χ0) is 41.2. The topological polar surface area (TPSA) is 82.5 Å². The molecule has 2 heterocycles. The molecule has 0 spiro atoms. The van der Waals surface area contributed by atoms with Crippen molar-refractivity contribution in [1.29, 1.82) is 0 Å². The van der Waals surface area contributed by atoms with Crippen molar-refractivity contribution < 1.29 is 9.84 Å². The number of phenols is 1. The summed E-state index contributed by atoms with van der Waals surface area (Å²) in [6.45, 7) is 6.48. The highest BCUT2D eigenvalue weighted by molar-refractivity contribution is 6.31. The number of rotatable bonds is 27. The minimum atomic E-state index is 0.255. The normalized spacial score (nSPS) is 11.7. The molecule has 0 atom stereocenters. The van der Waals surface area contributed by atoms with E-state index >= 15 is 0 Å². The Bertz CT molecular complexity index is 2230. The Morgan fingerprint density at radius 3 is 1.56 bits per heavy atom. The Morgan fingerprint density at radius 1 is 0.525 bits per heavy atom. The maximum absolute atomic E-state index is 10.1. The molecule has 0 aliphatic carbocycles. The molecule has 0 unspecified atom stereocenters. The van der Waals surface area contributed by atoms with Crippen molar-refractivity contribution in [3.63, 3.8) is 0 Å². The quantitative estimate of drug-likeness (QED) is 0.0353. The number of unbranched alkanes of at least 4 members (excludes halogenated alkanes) is 16. The molecule has 0 aliphatic heterocycles. The van der Waals surface area contributed by atoms with Crippen molar-refractivity contribution in [3.05, 3.63) is 83.4 Å². The third-order valence-corrected chi connectivity index (χ3v) is 12.1. The summed E-state index contributed by atoms with van der Waals surface area (Å²) in [5.41, 5.74) is 7.23. The molecule has 4 aromatic carbocycles. The van der Waals surface area contributed by atoms with Gasteiger partial charge in [0.2, 0.25) is 0 Å². The monoisotopic (exact) mass is 818 g/mol. The van der Waals surface area contributed by atoms with E-state index in [9.17, 15) is 5.11 Å². The maximum atomic E-state index is 10.1. The standard InChI is InChI=1S/C51H68ClN5O2/c1-38-22-26-42-48(34-38)55-47-29-25-41(59-3)37-45(47)51(42)54-31-19-15-11-7-5-9-13-17-21-33-57(2)32-20-16-12-8-4-6-10-14-18-30-53-50-43-27-23-39(52)35-49(43)56-46-28-24-40(58)36-44(46)50/h22-29,34-37,58H,4-21,30-33H2,1-3H3,(H,53,56)(H,54,55). The fourth-order valence-corrected chi connectivity index (χ4v) is 8.64. The van der Waals surface area contributed by atoms with Crippen molar-refractivity contribution in [1.82, 2.24) is 14.9 Å². The van der Waals surface area contributed by atoms with Crippen molar-refractivity contribution >= 4 is 66.6 Å². The number of aryl methyl sites for hydroxylation is 1. The van der Waals surface area contributed by atoms with Crippen molar-refractivity contribution in [3.8, 4) is 11.5 Å². The maximum Gasteiger partial charge on any atom is 0.119 e. The predicted molar refractivity (Wildman–Crippen MR) is 254 cm³/mol. The number of fused-ring (bicyclic) bond motifs is 4. The average molecular weight is 819 g/mol. The largest absolute Gasteiger partial charge is 0.508 e. The molecule has 316 valence electrons. The third-order valence-electron chi connectivity index (χ3n) is 11.9. The van der Waals surface area contributed by atoms with E-state index in [1.165, 1.54) is 139 Å². The van der Waals surface area contributed by atoms with Crippen molar-refractivity contribution in [2.24, 2.45) is 0 Å². The molecule has 8 heteroatoms. The molecule has 0 amide bonds. The number of hydrogen-bond acceptors (Lipinski definition) is 7. The smallest absolute Gasteiger partial charge is 0.119 e. The van der Waals surface area contributed by atoms with Gasteiger partial charge >= 0.3 is 0 Å². The summed E-state index contributed by atoms with van der Waals surface area (Å²) in [7, 11) is 4.03. The number of anilines is 2. The van der Waals surface area contributed by atoms with E-state index < -0.39 is 0 Å². The van der Waals surface area contributed by atoms with Crippen LogP contribution in [-0.2, 0) is 0 Å². The highest BCUT2D eigenvalue weighted by Gasteiger charge is 2.12. The van der Waals surface area contributed by atoms with Gasteiger partial charge in [-0.05, 0) is 119 Å². The van der Waals surface area contributed by atoms with Crippen LogP contribution in [0.1, 0.15) is 121 Å². The molecule has 0 saturated heterocycles. The molecule has 2 aromatic heterocycles. The second-order valence-corrected chi connectivity index (χ2v) is 17.2. The van der Waals surface area contributed by atoms with Gasteiger partial charge in [0.15, 0.2) is 0 Å². The van der Waals surface area contributed by atoms with Crippen molar-refractivity contribution in [2.45, 2.75) is 122 Å². The number of nitrogens with one attached hydrogen (secondary N) is 2. The summed E-state index contributed by atoms with van der Waals surface area (Å²) in [6, 6.07) is 23.9. The number of hydrogen-bond donors (Lipinski definition) is 3. The molecule has 0 saturated carbocycles. The molecule has 6 aromatic rings. The van der Waals surface area contributed by atoms with E-state index in [4.69, 9.17) is 26.3 Å². The van der Waals surface area contributed by atoms with Crippen LogP contribution in [0.4, 0.5) is 11.4 Å². The molecule has 59 heavy (non-hydrogen) atoms. The first-order chi connectivity index (χ1) is 28.9. The highest BCUT2D eigenvalue weighted by atomic mass is 35.5. The summed E-state index contributed by atoms with van der Waals surface area (Å²) in [5, 5.41) is 22.5. The molecule has 6 rings (SSSR count). The van der Waals surface area contributed by atoms with E-state index in [0.29, 0.717) is 5.02 Å². The van der Waals surface area contributed by atoms with Gasteiger partial charge in [0, 0.05) is 39.7 Å². The van der Waals surface area contributed by atoms with Crippen LogP contribution in [0.5, 0.6) is 11.5 Å². The fraction of sp³-hybridized carbons (Fsp3) is 0.490. The number of nitrogens with zero attached hydrogens (tertiary/aromatic N) is 3. The molecule has 0 fully saturated rings. The first-order valence-corrected chi connectivity index (χ1v) is 23.0. The Morgan fingerprint density at radius 2 is 1.00 bits per heavy atom. The zero-order valence-electron chi connectivity index (χ0n) is 36.1. The minimum Gasteiger partial charge on any atom is -0.508 e. The van der Waals surface area contributed by atoms with Crippen LogP contribution in [0.2, 0.25) is 5.02 Å². The van der Waals surface area contributed by atoms with Crippen LogP contribution < -0.4 is 15.4 Å². The number of pyridine rings is 2. The van der Waals surface area contributed by atoms with Gasteiger partial charge < -0.3 is 25.4 Å². The van der Waals surface area contributed by atoms with E-state index in [2.05, 4.69) is 59.8 Å². The van der Waals surface area contributed by atoms with E-state index in [0.717, 1.165) is 69.2 Å². The Labute approximate surface area is 358 Å². The van der Waals surface area contributed by atoms with E-state index in [1.807, 2.05) is 30.3 Å². The van der Waals surface area contributed by atoms with Gasteiger partial charge in [0.1, 0.15) is 11.5 Å². The molecule has 0 radical (unpaired) electrons. The lowest BCUT2D eigenvalue weighted by Gasteiger charge is -2.16. The van der Waals surface area contributed by atoms with Crippen molar-refractivity contribution in [2.75, 3.05) is 51.0 Å². The SMILES string of the molecule is COc1ccc2nc3cc(C)ccc3c(NCCCCCCCCCCCN(C)CCCCCCCCCCCNc3c4ccc(Cl)cc4nc4ccc(O)cc34)c2c1. The van der Waals surface area contributed by atoms with Gasteiger partial charge in [-0.25, -0.2) is 9.97 Å². The van der Waals surface area contributed by atoms with Crippen LogP contribution in [-0.4, -0.2) is 60.3 Å². The second-order valence-electron chi connectivity index (χ2n) is 16.8. The molecule has 7 nitrogen and oxygen atoms in total. The number of methoxy groups -OCH3 is 1. The highest BCUT2D eigenvalue weighted by Crippen LogP contribution is 2.35. The van der Waals surface area contributed by atoms with Crippen LogP contribution in [0.3, 0.4) is 0 Å². The number of aromatic hydroxyl groups is 1. The lowest BCUT2D eigenvalue weighted by molar-refractivity contribution is 0.314. The summed E-state index contributed by atoms with van der Waals surface area (Å²) in [5.74, 6) is 1.12. The number of phenolic OH excluding ortho intramolecular Hbond substituents is 1. The van der Waals surface area contributed by atoms with Crippen LogP contribution in [0.25, 0.3) is 43.6 Å². The van der Waals surface area contributed by atoms with Gasteiger partial charge in [0.25, 0.3) is 0 Å². The van der Waals surface area contributed by atoms with Crippen LogP contribution in [0.15, 0.2) is 72.8 Å². The minimum absolute atomic E-state index is 0.255. The number of aromatic nitrogens is 2. The zero-order valence-corrected chi connectivity index (χ0v) is 36.8. The number of benzene rings is 4. The molecular weight excluding hydrogens is 750 g/mol. The molecule has 0 aliphatic rings. The number of ether oxygens (including phenoxy) is 1. The van der Waals surface area contributed by atoms with E-state index in [1.54, 1.807) is 19.2 Å². The van der Waals surface area contributed by atoms with E-state index in [-0.39, 0.29) is 5.75 Å². The number of halogens is 1. The Balaban J connectivity index is 0.724. The Kier molecular flexibility index (Phi) is 17.6. The first kappa shape index (κ1) is 44.2. The average Bonchev–Trinajstić information content (AvgIpc) is 3.23. The van der Waals surface area contributed by atoms with Gasteiger partial charge in [0.05, 0.1) is 40.6 Å². The van der Waals surface area contributed by atoms with Gasteiger partial charge in [-0.2, -0.15) is 0 Å². The summed E-state index contributed by atoms with van der Waals surface area (Å²) in [6.07, 6.45) is 23.6. The lowest BCUT2D eigenvalue weighted by atomic mass is 10.0. The summed E-state index contributed by atoms with van der Waals surface area (Å²) < 4.78 is 5.53.